The van der Waals surface area contributed by atoms with Gasteiger partial charge < -0.3 is 10.2 Å². The van der Waals surface area contributed by atoms with Crippen LogP contribution in [0.5, 0.6) is 0 Å². The first kappa shape index (κ1) is 11.5. The third kappa shape index (κ3) is 1.89. The summed E-state index contributed by atoms with van der Waals surface area (Å²) in [4.78, 5) is 11.7. The zero-order chi connectivity index (χ0) is 13.4. The summed E-state index contributed by atoms with van der Waals surface area (Å²) in [6.07, 6.45) is 0. The Labute approximate surface area is 110 Å². The van der Waals surface area contributed by atoms with Gasteiger partial charge in [-0.1, -0.05) is 36.4 Å². The van der Waals surface area contributed by atoms with Gasteiger partial charge in [-0.05, 0) is 30.2 Å². The van der Waals surface area contributed by atoms with E-state index in [1.54, 1.807) is 6.92 Å². The molecule has 0 bridgehead atoms. The standard InChI is InChI=1S/C16H13NO2/c1-10-15(17)13-8-7-12(9-14(13)19-16(10)18)11-5-3-2-4-6-11/h2-9H,17H2,1H3. The minimum absolute atomic E-state index is 0.379. The predicted molar refractivity (Wildman–Crippen MR) is 77.1 cm³/mol. The SMILES string of the molecule is Cc1c(N)c2ccc(-c3ccccc3)cc2oc1=O. The van der Waals surface area contributed by atoms with Gasteiger partial charge in [0, 0.05) is 5.39 Å². The molecule has 0 amide bonds. The summed E-state index contributed by atoms with van der Waals surface area (Å²) in [5.74, 6) is 0. The number of rotatable bonds is 1. The first-order valence-corrected chi connectivity index (χ1v) is 6.05. The van der Waals surface area contributed by atoms with Crippen molar-refractivity contribution in [2.45, 2.75) is 6.92 Å². The van der Waals surface area contributed by atoms with E-state index in [0.29, 0.717) is 16.8 Å². The highest BCUT2D eigenvalue weighted by molar-refractivity contribution is 5.92. The highest BCUT2D eigenvalue weighted by Crippen LogP contribution is 2.27. The third-order valence-electron chi connectivity index (χ3n) is 3.29. The molecule has 2 aromatic carbocycles. The maximum absolute atomic E-state index is 11.7. The van der Waals surface area contributed by atoms with Crippen LogP contribution in [0.3, 0.4) is 0 Å². The number of anilines is 1. The quantitative estimate of drug-likeness (QED) is 0.675. The number of hydrogen-bond donors (Lipinski definition) is 1. The van der Waals surface area contributed by atoms with E-state index in [1.165, 1.54) is 0 Å². The molecule has 0 saturated heterocycles. The van der Waals surface area contributed by atoms with Gasteiger partial charge in [0.05, 0.1) is 11.3 Å². The Morgan fingerprint density at radius 3 is 2.47 bits per heavy atom. The summed E-state index contributed by atoms with van der Waals surface area (Å²) >= 11 is 0. The van der Waals surface area contributed by atoms with Gasteiger partial charge in [-0.2, -0.15) is 0 Å². The average Bonchev–Trinajstić information content (AvgIpc) is 2.45. The van der Waals surface area contributed by atoms with Gasteiger partial charge in [0.2, 0.25) is 0 Å². The molecule has 0 saturated carbocycles. The van der Waals surface area contributed by atoms with Crippen LogP contribution in [-0.2, 0) is 0 Å². The molecule has 0 atom stereocenters. The second-order valence-electron chi connectivity index (χ2n) is 4.51. The summed E-state index contributed by atoms with van der Waals surface area (Å²) in [6.45, 7) is 1.67. The molecule has 1 heterocycles. The van der Waals surface area contributed by atoms with Crippen molar-refractivity contribution in [3.05, 3.63) is 64.5 Å². The van der Waals surface area contributed by atoms with Crippen LogP contribution in [0.25, 0.3) is 22.1 Å². The first-order valence-electron chi connectivity index (χ1n) is 6.05. The fourth-order valence-electron chi connectivity index (χ4n) is 2.13. The topological polar surface area (TPSA) is 56.2 Å². The average molecular weight is 251 g/mol. The maximum atomic E-state index is 11.7. The van der Waals surface area contributed by atoms with E-state index in [4.69, 9.17) is 10.2 Å². The first-order chi connectivity index (χ1) is 9.16. The van der Waals surface area contributed by atoms with E-state index in [1.807, 2.05) is 48.5 Å². The molecule has 0 aliphatic carbocycles. The number of fused-ring (bicyclic) bond motifs is 1. The van der Waals surface area contributed by atoms with Crippen molar-refractivity contribution in [3.8, 4) is 11.1 Å². The van der Waals surface area contributed by atoms with E-state index in [0.717, 1.165) is 16.5 Å². The van der Waals surface area contributed by atoms with Gasteiger partial charge in [-0.25, -0.2) is 4.79 Å². The van der Waals surface area contributed by atoms with E-state index in [9.17, 15) is 4.79 Å². The van der Waals surface area contributed by atoms with Crippen LogP contribution in [-0.4, -0.2) is 0 Å². The molecular formula is C16H13NO2. The number of benzene rings is 2. The van der Waals surface area contributed by atoms with Crippen molar-refractivity contribution in [2.75, 3.05) is 5.73 Å². The van der Waals surface area contributed by atoms with Crippen LogP contribution in [0.2, 0.25) is 0 Å². The zero-order valence-corrected chi connectivity index (χ0v) is 10.5. The molecule has 0 aliphatic heterocycles. The van der Waals surface area contributed by atoms with Crippen molar-refractivity contribution in [1.82, 2.24) is 0 Å². The van der Waals surface area contributed by atoms with Crippen molar-refractivity contribution in [3.63, 3.8) is 0 Å². The molecule has 1 aromatic heterocycles. The Morgan fingerprint density at radius 1 is 1.00 bits per heavy atom. The lowest BCUT2D eigenvalue weighted by atomic mass is 10.0. The summed E-state index contributed by atoms with van der Waals surface area (Å²) < 4.78 is 5.30. The maximum Gasteiger partial charge on any atom is 0.341 e. The van der Waals surface area contributed by atoms with Gasteiger partial charge in [-0.3, -0.25) is 0 Å². The summed E-state index contributed by atoms with van der Waals surface area (Å²) in [7, 11) is 0. The van der Waals surface area contributed by atoms with Gasteiger partial charge >= 0.3 is 5.63 Å². The van der Waals surface area contributed by atoms with Gasteiger partial charge in [0.25, 0.3) is 0 Å². The Balaban J connectivity index is 2.28. The second-order valence-corrected chi connectivity index (χ2v) is 4.51. The van der Waals surface area contributed by atoms with E-state index in [-0.39, 0.29) is 5.63 Å². The van der Waals surface area contributed by atoms with Crippen LogP contribution in [0, 0.1) is 6.92 Å². The fraction of sp³-hybridized carbons (Fsp3) is 0.0625. The van der Waals surface area contributed by atoms with Crippen LogP contribution >= 0.6 is 0 Å². The van der Waals surface area contributed by atoms with Crippen molar-refractivity contribution in [1.29, 1.82) is 0 Å². The van der Waals surface area contributed by atoms with E-state index >= 15 is 0 Å². The molecule has 94 valence electrons. The summed E-state index contributed by atoms with van der Waals surface area (Å²) in [5, 5.41) is 0.775. The van der Waals surface area contributed by atoms with E-state index in [2.05, 4.69) is 0 Å². The Hall–Kier alpha value is -2.55. The highest BCUT2D eigenvalue weighted by Gasteiger charge is 2.09. The van der Waals surface area contributed by atoms with Crippen molar-refractivity contribution in [2.24, 2.45) is 0 Å². The molecule has 0 unspecified atom stereocenters. The fourth-order valence-corrected chi connectivity index (χ4v) is 2.13. The molecule has 0 radical (unpaired) electrons. The predicted octanol–water partition coefficient (Wildman–Crippen LogP) is 3.35. The normalized spacial score (nSPS) is 10.8. The van der Waals surface area contributed by atoms with Crippen LogP contribution in [0.15, 0.2) is 57.7 Å². The van der Waals surface area contributed by atoms with Crippen LogP contribution in [0.4, 0.5) is 5.69 Å². The Bertz CT molecular complexity index is 804. The molecule has 3 heteroatoms. The minimum atomic E-state index is -0.379. The molecule has 0 fully saturated rings. The molecule has 2 N–H and O–H groups in total. The lowest BCUT2D eigenvalue weighted by molar-refractivity contribution is 0.556. The van der Waals surface area contributed by atoms with Gasteiger partial charge in [-0.15, -0.1) is 0 Å². The second kappa shape index (κ2) is 4.28. The number of hydrogen-bond acceptors (Lipinski definition) is 3. The van der Waals surface area contributed by atoms with Crippen molar-refractivity contribution < 1.29 is 4.42 Å². The summed E-state index contributed by atoms with van der Waals surface area (Å²) in [6, 6.07) is 15.6. The van der Waals surface area contributed by atoms with Gasteiger partial charge in [0.1, 0.15) is 5.58 Å². The zero-order valence-electron chi connectivity index (χ0n) is 10.5. The highest BCUT2D eigenvalue weighted by atomic mass is 16.4. The lowest BCUT2D eigenvalue weighted by Gasteiger charge is -2.06. The molecule has 3 nitrogen and oxygen atoms in total. The smallest absolute Gasteiger partial charge is 0.341 e. The van der Waals surface area contributed by atoms with E-state index < -0.39 is 0 Å². The monoisotopic (exact) mass is 251 g/mol. The molecule has 0 aliphatic rings. The third-order valence-corrected chi connectivity index (χ3v) is 3.29. The largest absolute Gasteiger partial charge is 0.422 e. The number of nitrogens with two attached hydrogens (primary N) is 1. The van der Waals surface area contributed by atoms with Crippen LogP contribution < -0.4 is 11.4 Å². The molecule has 19 heavy (non-hydrogen) atoms. The van der Waals surface area contributed by atoms with Crippen LogP contribution in [0.1, 0.15) is 5.56 Å². The summed E-state index contributed by atoms with van der Waals surface area (Å²) in [5.41, 5.74) is 9.12. The van der Waals surface area contributed by atoms with Gasteiger partial charge in [0.15, 0.2) is 0 Å². The minimum Gasteiger partial charge on any atom is -0.422 e. The molecular weight excluding hydrogens is 238 g/mol. The van der Waals surface area contributed by atoms with Crippen molar-refractivity contribution >= 4 is 16.7 Å². The Kier molecular flexibility index (Phi) is 2.60. The lowest BCUT2D eigenvalue weighted by Crippen LogP contribution is -2.07. The Morgan fingerprint density at radius 2 is 1.74 bits per heavy atom. The molecule has 3 aromatic rings. The molecule has 0 spiro atoms. The molecule has 3 rings (SSSR count). The number of nitrogen functional groups attached to an aromatic ring is 1.